The Hall–Kier alpha value is -2.90. The number of halogens is 1. The van der Waals surface area contributed by atoms with Crippen molar-refractivity contribution in [3.05, 3.63) is 65.2 Å². The first-order chi connectivity index (χ1) is 14.1. The molecule has 0 atom stereocenters. The minimum absolute atomic E-state index is 0.276. The molecule has 0 spiro atoms. The van der Waals surface area contributed by atoms with Gasteiger partial charge in [0, 0.05) is 55.7 Å². The number of nitrogens with zero attached hydrogens (tertiary/aromatic N) is 6. The van der Waals surface area contributed by atoms with Crippen molar-refractivity contribution in [2.75, 3.05) is 37.6 Å². The molecule has 0 amide bonds. The third-order valence-corrected chi connectivity index (χ3v) is 5.34. The maximum atomic E-state index is 10.1. The molecule has 7 nitrogen and oxygen atoms in total. The fourth-order valence-corrected chi connectivity index (χ4v) is 3.60. The van der Waals surface area contributed by atoms with E-state index in [-0.39, 0.29) is 5.75 Å². The van der Waals surface area contributed by atoms with Crippen LogP contribution in [0.15, 0.2) is 48.9 Å². The molecule has 0 unspecified atom stereocenters. The molecule has 2 aromatic heterocycles. The van der Waals surface area contributed by atoms with Crippen molar-refractivity contribution >= 4 is 23.4 Å². The third-order valence-electron chi connectivity index (χ3n) is 5.10. The fraction of sp³-hybridized carbons (Fsp3) is 0.286. The molecule has 1 fully saturated rings. The second-order valence-electron chi connectivity index (χ2n) is 6.97. The number of hydrogen-bond donors (Lipinski definition) is 1. The van der Waals surface area contributed by atoms with Crippen molar-refractivity contribution in [2.24, 2.45) is 0 Å². The molecule has 150 valence electrons. The van der Waals surface area contributed by atoms with Gasteiger partial charge in [-0.15, -0.1) is 0 Å². The third kappa shape index (κ3) is 4.41. The van der Waals surface area contributed by atoms with Crippen LogP contribution in [-0.4, -0.2) is 62.5 Å². The lowest BCUT2D eigenvalue weighted by Crippen LogP contribution is -2.46. The molecule has 1 aromatic carbocycles. The van der Waals surface area contributed by atoms with Gasteiger partial charge in [0.25, 0.3) is 5.95 Å². The summed E-state index contributed by atoms with van der Waals surface area (Å²) in [6.07, 6.45) is 9.51. The summed E-state index contributed by atoms with van der Waals surface area (Å²) >= 11 is 6.07. The van der Waals surface area contributed by atoms with Gasteiger partial charge in [-0.1, -0.05) is 23.8 Å². The highest BCUT2D eigenvalue weighted by atomic mass is 35.5. The molecule has 3 heterocycles. The van der Waals surface area contributed by atoms with E-state index in [1.54, 1.807) is 35.3 Å². The van der Waals surface area contributed by atoms with Crippen molar-refractivity contribution in [3.8, 4) is 11.7 Å². The molecule has 1 aliphatic rings. The zero-order valence-electron chi connectivity index (χ0n) is 16.2. The van der Waals surface area contributed by atoms with E-state index in [1.807, 2.05) is 19.2 Å². The van der Waals surface area contributed by atoms with Crippen LogP contribution in [0.2, 0.25) is 5.02 Å². The highest BCUT2D eigenvalue weighted by Gasteiger charge is 2.19. The lowest BCUT2D eigenvalue weighted by atomic mass is 10.2. The van der Waals surface area contributed by atoms with E-state index < -0.39 is 0 Å². The van der Waals surface area contributed by atoms with Crippen LogP contribution in [0.3, 0.4) is 0 Å². The van der Waals surface area contributed by atoms with Gasteiger partial charge >= 0.3 is 0 Å². The van der Waals surface area contributed by atoms with E-state index in [1.165, 1.54) is 0 Å². The van der Waals surface area contributed by atoms with E-state index in [0.717, 1.165) is 49.7 Å². The lowest BCUT2D eigenvalue weighted by molar-refractivity contribution is 0.283. The minimum atomic E-state index is 0.276. The molecule has 0 saturated carbocycles. The van der Waals surface area contributed by atoms with Gasteiger partial charge in [-0.2, -0.15) is 5.10 Å². The zero-order chi connectivity index (χ0) is 20.2. The van der Waals surface area contributed by atoms with Crippen LogP contribution in [0.4, 0.5) is 5.69 Å². The largest absolute Gasteiger partial charge is 0.506 e. The normalized spacial score (nSPS) is 15.3. The quantitative estimate of drug-likeness (QED) is 0.696. The Bertz CT molecular complexity index is 996. The van der Waals surface area contributed by atoms with Crippen LogP contribution in [-0.2, 0) is 0 Å². The molecule has 3 aromatic rings. The predicted molar refractivity (Wildman–Crippen MR) is 115 cm³/mol. The van der Waals surface area contributed by atoms with Crippen molar-refractivity contribution in [2.45, 2.75) is 6.92 Å². The number of hydrogen-bond acceptors (Lipinski definition) is 6. The highest BCUT2D eigenvalue weighted by molar-refractivity contribution is 6.30. The van der Waals surface area contributed by atoms with Gasteiger partial charge < -0.3 is 10.0 Å². The van der Waals surface area contributed by atoms with Crippen LogP contribution in [0.25, 0.3) is 12.0 Å². The van der Waals surface area contributed by atoms with Crippen molar-refractivity contribution in [1.29, 1.82) is 0 Å². The van der Waals surface area contributed by atoms with E-state index in [2.05, 4.69) is 37.0 Å². The second kappa shape index (κ2) is 8.63. The molecular formula is C21H23ClN6O. The van der Waals surface area contributed by atoms with Gasteiger partial charge in [0.05, 0.1) is 17.6 Å². The van der Waals surface area contributed by atoms with Crippen LogP contribution < -0.4 is 4.90 Å². The van der Waals surface area contributed by atoms with Gasteiger partial charge in [0.2, 0.25) is 0 Å². The second-order valence-corrected chi connectivity index (χ2v) is 7.41. The van der Waals surface area contributed by atoms with Gasteiger partial charge in [-0.25, -0.2) is 14.6 Å². The Kier molecular flexibility index (Phi) is 5.78. The Morgan fingerprint density at radius 3 is 2.66 bits per heavy atom. The van der Waals surface area contributed by atoms with Crippen LogP contribution in [0.1, 0.15) is 11.3 Å². The molecule has 4 rings (SSSR count). The highest BCUT2D eigenvalue weighted by Crippen LogP contribution is 2.30. The first kappa shape index (κ1) is 19.4. The van der Waals surface area contributed by atoms with Crippen molar-refractivity contribution in [3.63, 3.8) is 0 Å². The topological polar surface area (TPSA) is 70.3 Å². The number of aromatic hydroxyl groups is 1. The summed E-state index contributed by atoms with van der Waals surface area (Å²) in [4.78, 5) is 13.1. The molecule has 0 bridgehead atoms. The Balaban J connectivity index is 1.33. The fourth-order valence-electron chi connectivity index (χ4n) is 3.44. The maximum absolute atomic E-state index is 10.1. The maximum Gasteiger partial charge on any atom is 0.250 e. The molecule has 0 radical (unpaired) electrons. The Morgan fingerprint density at radius 1 is 1.14 bits per heavy atom. The van der Waals surface area contributed by atoms with E-state index in [4.69, 9.17) is 11.6 Å². The number of anilines is 1. The number of benzene rings is 1. The monoisotopic (exact) mass is 410 g/mol. The summed E-state index contributed by atoms with van der Waals surface area (Å²) in [7, 11) is 0. The lowest BCUT2D eigenvalue weighted by Gasteiger charge is -2.35. The SMILES string of the molecule is Cc1c(C=CCN2CCN(c3cc(Cl)ccc3O)CC2)cnn1-c1ncccn1. The predicted octanol–water partition coefficient (Wildman–Crippen LogP) is 3.17. The van der Waals surface area contributed by atoms with Crippen molar-refractivity contribution in [1.82, 2.24) is 24.6 Å². The number of aromatic nitrogens is 4. The smallest absolute Gasteiger partial charge is 0.250 e. The van der Waals surface area contributed by atoms with Gasteiger partial charge in [-0.3, -0.25) is 4.90 Å². The minimum Gasteiger partial charge on any atom is -0.506 e. The molecular weight excluding hydrogens is 388 g/mol. The summed E-state index contributed by atoms with van der Waals surface area (Å²) in [5.74, 6) is 0.850. The summed E-state index contributed by atoms with van der Waals surface area (Å²) in [6, 6.07) is 6.96. The zero-order valence-corrected chi connectivity index (χ0v) is 17.0. The van der Waals surface area contributed by atoms with Crippen LogP contribution in [0, 0.1) is 6.92 Å². The summed E-state index contributed by atoms with van der Waals surface area (Å²) in [6.45, 7) is 6.42. The molecule has 0 aliphatic carbocycles. The van der Waals surface area contributed by atoms with Gasteiger partial charge in [0.1, 0.15) is 5.75 Å². The van der Waals surface area contributed by atoms with Crippen LogP contribution >= 0.6 is 11.6 Å². The Labute approximate surface area is 174 Å². The van der Waals surface area contributed by atoms with Gasteiger partial charge in [0.15, 0.2) is 0 Å². The van der Waals surface area contributed by atoms with Crippen LogP contribution in [0.5, 0.6) is 5.75 Å². The molecule has 1 aliphatic heterocycles. The molecule has 1 N–H and O–H groups in total. The summed E-state index contributed by atoms with van der Waals surface area (Å²) in [5, 5.41) is 15.1. The van der Waals surface area contributed by atoms with Crippen molar-refractivity contribution < 1.29 is 5.11 Å². The molecule has 1 saturated heterocycles. The number of rotatable bonds is 5. The average Bonchev–Trinajstić information content (AvgIpc) is 3.11. The van der Waals surface area contributed by atoms with E-state index in [9.17, 15) is 5.11 Å². The molecule has 29 heavy (non-hydrogen) atoms. The first-order valence-corrected chi connectivity index (χ1v) is 9.94. The Morgan fingerprint density at radius 2 is 1.90 bits per heavy atom. The number of phenols is 1. The van der Waals surface area contributed by atoms with E-state index in [0.29, 0.717) is 11.0 Å². The first-order valence-electron chi connectivity index (χ1n) is 9.56. The summed E-state index contributed by atoms with van der Waals surface area (Å²) in [5.41, 5.74) is 2.87. The standard InChI is InChI=1S/C21H23ClN6O/c1-16-17(15-25-28(16)21-23-7-3-8-24-21)4-2-9-26-10-12-27(13-11-26)19-14-18(22)5-6-20(19)29/h2-8,14-15,29H,9-13H2,1H3. The number of phenolic OH excluding ortho intramolecular Hbond substituents is 1. The average molecular weight is 411 g/mol. The number of piperazine rings is 1. The molecule has 8 heteroatoms. The summed E-state index contributed by atoms with van der Waals surface area (Å²) < 4.78 is 1.75. The van der Waals surface area contributed by atoms with Gasteiger partial charge in [-0.05, 0) is 31.2 Å². The van der Waals surface area contributed by atoms with E-state index >= 15 is 0 Å².